The van der Waals surface area contributed by atoms with Crippen molar-refractivity contribution in [1.82, 2.24) is 9.55 Å². The molecule has 0 fully saturated rings. The van der Waals surface area contributed by atoms with Gasteiger partial charge in [-0.05, 0) is 35.7 Å². The Hall–Kier alpha value is -2.95. The van der Waals surface area contributed by atoms with Gasteiger partial charge in [0.05, 0.1) is 17.2 Å². The Morgan fingerprint density at radius 1 is 1.12 bits per heavy atom. The molecule has 1 aromatic heterocycles. The number of anilines is 1. The van der Waals surface area contributed by atoms with Crippen LogP contribution in [0.2, 0.25) is 0 Å². The fraction of sp³-hybridized carbons (Fsp3) is 0.250. The molecule has 0 aliphatic rings. The lowest BCUT2D eigenvalue weighted by Gasteiger charge is -2.09. The molecule has 0 spiro atoms. The molecule has 0 saturated heterocycles. The first-order valence-corrected chi connectivity index (χ1v) is 8.38. The maximum Gasteiger partial charge on any atom is 0.261 e. The zero-order valence-corrected chi connectivity index (χ0v) is 14.4. The van der Waals surface area contributed by atoms with E-state index >= 15 is 0 Å². The van der Waals surface area contributed by atoms with Crippen molar-refractivity contribution in [1.29, 1.82) is 0 Å². The first-order chi connectivity index (χ1) is 12.0. The highest BCUT2D eigenvalue weighted by atomic mass is 16.1. The number of hydrogen-bond donors (Lipinski definition) is 1. The van der Waals surface area contributed by atoms with E-state index in [0.29, 0.717) is 23.4 Å². The molecule has 5 heteroatoms. The van der Waals surface area contributed by atoms with Gasteiger partial charge in [0.2, 0.25) is 5.91 Å². The van der Waals surface area contributed by atoms with Gasteiger partial charge < -0.3 is 5.32 Å². The van der Waals surface area contributed by atoms with Crippen LogP contribution in [0, 0.1) is 0 Å². The van der Waals surface area contributed by atoms with E-state index in [0.717, 1.165) is 5.69 Å². The Morgan fingerprint density at radius 2 is 1.84 bits per heavy atom. The second-order valence-corrected chi connectivity index (χ2v) is 6.34. The van der Waals surface area contributed by atoms with Gasteiger partial charge in [-0.1, -0.05) is 38.1 Å². The summed E-state index contributed by atoms with van der Waals surface area (Å²) in [5.41, 5.74) is 2.53. The van der Waals surface area contributed by atoms with Crippen LogP contribution in [-0.2, 0) is 11.3 Å². The molecular weight excluding hydrogens is 314 g/mol. The van der Waals surface area contributed by atoms with Gasteiger partial charge in [0.25, 0.3) is 5.56 Å². The number of benzene rings is 2. The normalized spacial score (nSPS) is 11.0. The number of aromatic nitrogens is 2. The van der Waals surface area contributed by atoms with Gasteiger partial charge in [-0.15, -0.1) is 0 Å². The monoisotopic (exact) mass is 335 g/mol. The molecule has 0 aliphatic carbocycles. The highest BCUT2D eigenvalue weighted by Crippen LogP contribution is 2.17. The number of fused-ring (bicyclic) bond motifs is 1. The zero-order valence-electron chi connectivity index (χ0n) is 14.4. The quantitative estimate of drug-likeness (QED) is 0.775. The fourth-order valence-electron chi connectivity index (χ4n) is 2.66. The van der Waals surface area contributed by atoms with Gasteiger partial charge in [-0.3, -0.25) is 14.2 Å². The molecule has 25 heavy (non-hydrogen) atoms. The van der Waals surface area contributed by atoms with Gasteiger partial charge in [0, 0.05) is 18.7 Å². The van der Waals surface area contributed by atoms with Crippen molar-refractivity contribution in [2.24, 2.45) is 0 Å². The minimum atomic E-state index is -0.127. The van der Waals surface area contributed by atoms with Gasteiger partial charge in [-0.25, -0.2) is 4.98 Å². The molecular formula is C20H21N3O2. The van der Waals surface area contributed by atoms with Crippen LogP contribution < -0.4 is 10.9 Å². The van der Waals surface area contributed by atoms with E-state index < -0.39 is 0 Å². The molecule has 0 bridgehead atoms. The van der Waals surface area contributed by atoms with E-state index in [9.17, 15) is 9.59 Å². The number of rotatable bonds is 5. The molecule has 1 amide bonds. The summed E-state index contributed by atoms with van der Waals surface area (Å²) in [5.74, 6) is 0.328. The van der Waals surface area contributed by atoms with Crippen molar-refractivity contribution < 1.29 is 4.79 Å². The molecule has 1 N–H and O–H groups in total. The van der Waals surface area contributed by atoms with Crippen LogP contribution in [0.4, 0.5) is 5.69 Å². The van der Waals surface area contributed by atoms with Crippen molar-refractivity contribution >= 4 is 22.5 Å². The van der Waals surface area contributed by atoms with E-state index in [2.05, 4.69) is 24.1 Å². The summed E-state index contributed by atoms with van der Waals surface area (Å²) in [6, 6.07) is 15.0. The average molecular weight is 335 g/mol. The molecule has 1 heterocycles. The minimum absolute atomic E-state index is 0.125. The van der Waals surface area contributed by atoms with E-state index in [-0.39, 0.29) is 17.9 Å². The van der Waals surface area contributed by atoms with E-state index in [1.165, 1.54) is 16.5 Å². The van der Waals surface area contributed by atoms with Gasteiger partial charge >= 0.3 is 0 Å². The summed E-state index contributed by atoms with van der Waals surface area (Å²) in [7, 11) is 0. The third kappa shape index (κ3) is 3.94. The Bertz CT molecular complexity index is 943. The fourth-order valence-corrected chi connectivity index (χ4v) is 2.66. The van der Waals surface area contributed by atoms with Gasteiger partial charge in [0.1, 0.15) is 0 Å². The second-order valence-electron chi connectivity index (χ2n) is 6.34. The predicted molar refractivity (Wildman–Crippen MR) is 99.8 cm³/mol. The number of nitrogens with zero attached hydrogens (tertiary/aromatic N) is 2. The largest absolute Gasteiger partial charge is 0.326 e. The number of nitrogens with one attached hydrogen (secondary N) is 1. The Balaban J connectivity index is 1.64. The Labute approximate surface area is 146 Å². The minimum Gasteiger partial charge on any atom is -0.326 e. The van der Waals surface area contributed by atoms with Crippen molar-refractivity contribution in [2.45, 2.75) is 32.7 Å². The van der Waals surface area contributed by atoms with Crippen LogP contribution in [0.3, 0.4) is 0 Å². The maximum atomic E-state index is 12.4. The topological polar surface area (TPSA) is 64.0 Å². The number of carbonyl (C=O) groups excluding carboxylic acids is 1. The molecule has 2 aromatic carbocycles. The summed E-state index contributed by atoms with van der Waals surface area (Å²) in [6.45, 7) is 4.55. The van der Waals surface area contributed by atoms with Crippen LogP contribution in [0.1, 0.15) is 31.7 Å². The summed E-state index contributed by atoms with van der Waals surface area (Å²) in [4.78, 5) is 28.8. The van der Waals surface area contributed by atoms with Crippen LogP contribution >= 0.6 is 0 Å². The lowest BCUT2D eigenvalue weighted by molar-refractivity contribution is -0.116. The smallest absolute Gasteiger partial charge is 0.261 e. The lowest BCUT2D eigenvalue weighted by Crippen LogP contribution is -2.23. The number of aryl methyl sites for hydroxylation is 1. The highest BCUT2D eigenvalue weighted by Gasteiger charge is 2.07. The first kappa shape index (κ1) is 16.9. The molecule has 0 radical (unpaired) electrons. The van der Waals surface area contributed by atoms with Gasteiger partial charge in [0.15, 0.2) is 0 Å². The highest BCUT2D eigenvalue weighted by molar-refractivity contribution is 5.90. The average Bonchev–Trinajstić information content (AvgIpc) is 2.62. The number of hydrogen-bond acceptors (Lipinski definition) is 3. The maximum absolute atomic E-state index is 12.4. The molecule has 0 unspecified atom stereocenters. The Kier molecular flexibility index (Phi) is 4.93. The van der Waals surface area contributed by atoms with Crippen molar-refractivity contribution in [2.75, 3.05) is 5.32 Å². The molecule has 0 atom stereocenters. The summed E-state index contributed by atoms with van der Waals surface area (Å²) < 4.78 is 1.48. The number of amides is 1. The Morgan fingerprint density at radius 3 is 2.56 bits per heavy atom. The van der Waals surface area contributed by atoms with E-state index in [1.807, 2.05) is 36.4 Å². The molecule has 128 valence electrons. The third-order valence-electron chi connectivity index (χ3n) is 4.17. The summed E-state index contributed by atoms with van der Waals surface area (Å²) in [5, 5.41) is 3.42. The van der Waals surface area contributed by atoms with Crippen molar-refractivity contribution in [3.05, 3.63) is 70.8 Å². The summed E-state index contributed by atoms with van der Waals surface area (Å²) in [6.07, 6.45) is 1.71. The SMILES string of the molecule is CC(C)c1ccc(NC(=O)CCn2cnc3ccccc3c2=O)cc1. The molecule has 0 saturated carbocycles. The lowest BCUT2D eigenvalue weighted by atomic mass is 10.0. The van der Waals surface area contributed by atoms with Gasteiger partial charge in [-0.2, -0.15) is 0 Å². The van der Waals surface area contributed by atoms with E-state index in [1.54, 1.807) is 12.1 Å². The molecule has 5 nitrogen and oxygen atoms in total. The number of carbonyl (C=O) groups is 1. The third-order valence-corrected chi connectivity index (χ3v) is 4.17. The van der Waals surface area contributed by atoms with Crippen LogP contribution in [0.25, 0.3) is 10.9 Å². The van der Waals surface area contributed by atoms with Crippen molar-refractivity contribution in [3.63, 3.8) is 0 Å². The predicted octanol–water partition coefficient (Wildman–Crippen LogP) is 3.55. The van der Waals surface area contributed by atoms with Crippen LogP contribution in [0.15, 0.2) is 59.7 Å². The standard InChI is InChI=1S/C20H21N3O2/c1-14(2)15-7-9-16(10-8-15)22-19(24)11-12-23-13-21-18-6-4-3-5-17(18)20(23)25/h3-10,13-14H,11-12H2,1-2H3,(H,22,24). The zero-order chi connectivity index (χ0) is 17.8. The van der Waals surface area contributed by atoms with Crippen molar-refractivity contribution in [3.8, 4) is 0 Å². The molecule has 3 rings (SSSR count). The molecule has 0 aliphatic heterocycles. The first-order valence-electron chi connectivity index (χ1n) is 8.38. The van der Waals surface area contributed by atoms with E-state index in [4.69, 9.17) is 0 Å². The van der Waals surface area contributed by atoms with Crippen LogP contribution in [0.5, 0.6) is 0 Å². The molecule has 3 aromatic rings. The van der Waals surface area contributed by atoms with Crippen LogP contribution in [-0.4, -0.2) is 15.5 Å². The number of para-hydroxylation sites is 1. The second kappa shape index (κ2) is 7.30. The summed E-state index contributed by atoms with van der Waals surface area (Å²) >= 11 is 0.